The number of carbonyl (C=O) groups excluding carboxylic acids is 2. The molecule has 0 radical (unpaired) electrons. The largest absolute Gasteiger partial charge is 0.497 e. The third-order valence-electron chi connectivity index (χ3n) is 6.01. The fraction of sp³-hybridized carbons (Fsp3) is 0.310. The lowest BCUT2D eigenvalue weighted by atomic mass is 9.97. The lowest BCUT2D eigenvalue weighted by Gasteiger charge is -2.12. The van der Waals surface area contributed by atoms with Gasteiger partial charge in [-0.05, 0) is 84.3 Å². The molecule has 0 bridgehead atoms. The average Bonchev–Trinajstić information content (AvgIpc) is 2.93. The Labute approximate surface area is 211 Å². The molecule has 190 valence electrons. The van der Waals surface area contributed by atoms with Gasteiger partial charge in [0.15, 0.2) is 0 Å². The summed E-state index contributed by atoms with van der Waals surface area (Å²) in [5.41, 5.74) is 5.23. The molecule has 0 amide bonds. The van der Waals surface area contributed by atoms with Crippen molar-refractivity contribution in [3.63, 3.8) is 0 Å². The van der Waals surface area contributed by atoms with E-state index in [1.54, 1.807) is 33.5 Å². The van der Waals surface area contributed by atoms with Crippen molar-refractivity contribution in [2.45, 2.75) is 25.7 Å². The van der Waals surface area contributed by atoms with Crippen LogP contribution in [0.15, 0.2) is 54.6 Å². The van der Waals surface area contributed by atoms with E-state index < -0.39 is 11.9 Å². The number of benzene rings is 3. The second-order valence-electron chi connectivity index (χ2n) is 8.24. The van der Waals surface area contributed by atoms with Gasteiger partial charge in [0.2, 0.25) is 0 Å². The molecule has 0 aliphatic heterocycles. The van der Waals surface area contributed by atoms with Crippen molar-refractivity contribution in [2.75, 3.05) is 35.5 Å². The third kappa shape index (κ3) is 6.56. The van der Waals surface area contributed by atoms with Crippen molar-refractivity contribution in [1.29, 1.82) is 0 Å². The van der Waals surface area contributed by atoms with Crippen molar-refractivity contribution in [3.05, 3.63) is 88.0 Å². The summed E-state index contributed by atoms with van der Waals surface area (Å²) in [7, 11) is 7.44. The number of hydrogen-bond donors (Lipinski definition) is 0. The molecule has 0 aliphatic rings. The molecule has 0 spiro atoms. The Morgan fingerprint density at radius 2 is 0.944 bits per heavy atom. The van der Waals surface area contributed by atoms with Crippen molar-refractivity contribution >= 4 is 11.9 Å². The van der Waals surface area contributed by atoms with Crippen LogP contribution in [0.5, 0.6) is 17.2 Å². The molecular weight excluding hydrogens is 460 g/mol. The number of ether oxygens (including phenoxy) is 5. The van der Waals surface area contributed by atoms with Crippen LogP contribution in [0.1, 0.15) is 43.0 Å². The Balaban J connectivity index is 1.72. The van der Waals surface area contributed by atoms with Crippen LogP contribution in [0.3, 0.4) is 0 Å². The molecule has 0 heterocycles. The number of rotatable bonds is 11. The molecule has 0 unspecified atom stereocenters. The van der Waals surface area contributed by atoms with Crippen LogP contribution in [-0.4, -0.2) is 47.5 Å². The van der Waals surface area contributed by atoms with Crippen molar-refractivity contribution in [3.8, 4) is 17.2 Å². The van der Waals surface area contributed by atoms with Crippen LogP contribution in [0.4, 0.5) is 0 Å². The van der Waals surface area contributed by atoms with E-state index in [0.29, 0.717) is 22.6 Å². The monoisotopic (exact) mass is 492 g/mol. The predicted octanol–water partition coefficient (Wildman–Crippen LogP) is 4.86. The van der Waals surface area contributed by atoms with Gasteiger partial charge < -0.3 is 23.7 Å². The van der Waals surface area contributed by atoms with Gasteiger partial charge in [-0.1, -0.05) is 18.2 Å². The first kappa shape index (κ1) is 26.6. The van der Waals surface area contributed by atoms with Crippen molar-refractivity contribution in [1.82, 2.24) is 0 Å². The number of esters is 2. The smallest absolute Gasteiger partial charge is 0.341 e. The van der Waals surface area contributed by atoms with Crippen LogP contribution in [-0.2, 0) is 35.2 Å². The van der Waals surface area contributed by atoms with Crippen LogP contribution in [0.25, 0.3) is 0 Å². The van der Waals surface area contributed by atoms with Gasteiger partial charge in [-0.15, -0.1) is 0 Å². The molecule has 0 N–H and O–H groups in total. The van der Waals surface area contributed by atoms with Crippen molar-refractivity contribution in [2.24, 2.45) is 0 Å². The third-order valence-corrected chi connectivity index (χ3v) is 6.01. The second-order valence-corrected chi connectivity index (χ2v) is 8.24. The molecule has 0 aliphatic carbocycles. The number of methoxy groups -OCH3 is 5. The van der Waals surface area contributed by atoms with Crippen molar-refractivity contribution < 1.29 is 33.3 Å². The maximum absolute atomic E-state index is 11.9. The van der Waals surface area contributed by atoms with Gasteiger partial charge in [0, 0.05) is 0 Å². The maximum atomic E-state index is 11.9. The molecule has 0 atom stereocenters. The SMILES string of the molecule is COC(=O)c1ccc(CCc2cc(CCc3ccc(C(=O)OC)c(OC)c3)cc(OC)c2)cc1OC. The standard InChI is InChI=1S/C29H32O7/c1-32-23-15-21(8-6-19-10-12-24(28(30)35-4)26(17-19)33-2)14-22(16-23)9-7-20-11-13-25(29(31)36-5)27(18-20)34-3/h10-18H,6-9H2,1-5H3. The first-order valence-electron chi connectivity index (χ1n) is 11.6. The van der Waals surface area contributed by atoms with E-state index in [2.05, 4.69) is 6.07 Å². The quantitative estimate of drug-likeness (QED) is 0.354. The topological polar surface area (TPSA) is 80.3 Å². The molecule has 0 saturated heterocycles. The maximum Gasteiger partial charge on any atom is 0.341 e. The Morgan fingerprint density at radius 3 is 1.31 bits per heavy atom. The lowest BCUT2D eigenvalue weighted by molar-refractivity contribution is 0.0588. The van der Waals surface area contributed by atoms with Gasteiger partial charge in [0.1, 0.15) is 28.4 Å². The highest BCUT2D eigenvalue weighted by atomic mass is 16.5. The summed E-state index contributed by atoms with van der Waals surface area (Å²) in [5, 5.41) is 0. The minimum atomic E-state index is -0.423. The fourth-order valence-electron chi connectivity index (χ4n) is 4.05. The molecular formula is C29H32O7. The van der Waals surface area contributed by atoms with E-state index in [1.807, 2.05) is 36.4 Å². The molecule has 7 heteroatoms. The Morgan fingerprint density at radius 1 is 0.528 bits per heavy atom. The molecule has 3 aromatic rings. The van der Waals surface area contributed by atoms with E-state index in [1.165, 1.54) is 14.2 Å². The summed E-state index contributed by atoms with van der Waals surface area (Å²) in [6.07, 6.45) is 3.15. The Bertz CT molecular complexity index is 1130. The van der Waals surface area contributed by atoms with Gasteiger partial charge >= 0.3 is 11.9 Å². The molecule has 3 aromatic carbocycles. The van der Waals surface area contributed by atoms with Gasteiger partial charge in [0.25, 0.3) is 0 Å². The molecule has 0 aromatic heterocycles. The first-order valence-corrected chi connectivity index (χ1v) is 11.6. The minimum Gasteiger partial charge on any atom is -0.497 e. The summed E-state index contributed by atoms with van der Waals surface area (Å²) < 4.78 is 25.9. The number of aryl methyl sites for hydroxylation is 4. The zero-order valence-corrected chi connectivity index (χ0v) is 21.4. The van der Waals surface area contributed by atoms with E-state index in [9.17, 15) is 9.59 Å². The van der Waals surface area contributed by atoms with Crippen LogP contribution >= 0.6 is 0 Å². The van der Waals surface area contributed by atoms with E-state index >= 15 is 0 Å². The summed E-state index contributed by atoms with van der Waals surface area (Å²) >= 11 is 0. The highest BCUT2D eigenvalue weighted by Crippen LogP contribution is 2.25. The predicted molar refractivity (Wildman–Crippen MR) is 136 cm³/mol. The normalized spacial score (nSPS) is 10.5. The Hall–Kier alpha value is -4.00. The van der Waals surface area contributed by atoms with Gasteiger partial charge in [-0.2, -0.15) is 0 Å². The van der Waals surface area contributed by atoms with E-state index in [4.69, 9.17) is 23.7 Å². The Kier molecular flexibility index (Phi) is 9.33. The minimum absolute atomic E-state index is 0.406. The summed E-state index contributed by atoms with van der Waals surface area (Å²) in [5.74, 6) is 0.959. The van der Waals surface area contributed by atoms with E-state index in [0.717, 1.165) is 53.7 Å². The summed E-state index contributed by atoms with van der Waals surface area (Å²) in [6.45, 7) is 0. The van der Waals surface area contributed by atoms with E-state index in [-0.39, 0.29) is 0 Å². The number of hydrogen-bond acceptors (Lipinski definition) is 7. The molecule has 0 fully saturated rings. The highest BCUT2D eigenvalue weighted by molar-refractivity contribution is 5.93. The fourth-order valence-corrected chi connectivity index (χ4v) is 4.05. The molecule has 3 rings (SSSR count). The molecule has 36 heavy (non-hydrogen) atoms. The van der Waals surface area contributed by atoms with Crippen LogP contribution in [0, 0.1) is 0 Å². The van der Waals surface area contributed by atoms with Gasteiger partial charge in [-0.25, -0.2) is 9.59 Å². The van der Waals surface area contributed by atoms with Crippen LogP contribution < -0.4 is 14.2 Å². The second kappa shape index (κ2) is 12.6. The van der Waals surface area contributed by atoms with Gasteiger partial charge in [0.05, 0.1) is 35.5 Å². The molecule has 7 nitrogen and oxygen atoms in total. The first-order chi connectivity index (χ1) is 17.4. The number of carbonyl (C=O) groups is 2. The summed E-state index contributed by atoms with van der Waals surface area (Å²) in [4.78, 5) is 23.8. The van der Waals surface area contributed by atoms with Gasteiger partial charge in [-0.3, -0.25) is 0 Å². The lowest BCUT2D eigenvalue weighted by Crippen LogP contribution is -2.05. The average molecular weight is 493 g/mol. The zero-order chi connectivity index (χ0) is 26.1. The summed E-state index contributed by atoms with van der Waals surface area (Å²) in [6, 6.07) is 17.3. The zero-order valence-electron chi connectivity index (χ0n) is 21.4. The molecule has 0 saturated carbocycles. The van der Waals surface area contributed by atoms with Crippen LogP contribution in [0.2, 0.25) is 0 Å². The highest BCUT2D eigenvalue weighted by Gasteiger charge is 2.14.